The molecule has 1 aliphatic heterocycles. The lowest BCUT2D eigenvalue weighted by Gasteiger charge is -2.16. The van der Waals surface area contributed by atoms with Gasteiger partial charge in [0.15, 0.2) is 0 Å². The van der Waals surface area contributed by atoms with E-state index in [1.165, 1.54) is 16.3 Å². The summed E-state index contributed by atoms with van der Waals surface area (Å²) in [5.41, 5.74) is 2.37. The van der Waals surface area contributed by atoms with Crippen LogP contribution in [0, 0.1) is 0 Å². The molecule has 2 aromatic rings. The lowest BCUT2D eigenvalue weighted by Crippen LogP contribution is -2.24. The molecule has 0 aliphatic carbocycles. The van der Waals surface area contributed by atoms with E-state index in [0.29, 0.717) is 12.1 Å². The molecule has 2 N–H and O–H groups in total. The third-order valence-electron chi connectivity index (χ3n) is 3.91. The second-order valence-corrected chi connectivity index (χ2v) is 7.77. The molecule has 0 spiro atoms. The molecule has 134 valence electrons. The van der Waals surface area contributed by atoms with Gasteiger partial charge in [-0.05, 0) is 17.7 Å². The monoisotopic (exact) mass is 381 g/mol. The number of hydrogen-bond acceptors (Lipinski definition) is 6. The van der Waals surface area contributed by atoms with Crippen molar-refractivity contribution in [3.05, 3.63) is 51.0 Å². The first-order valence-corrected chi connectivity index (χ1v) is 9.66. The van der Waals surface area contributed by atoms with Crippen molar-refractivity contribution in [3.8, 4) is 0 Å². The Kier molecular flexibility index (Phi) is 5.92. The molecular weight excluding hydrogens is 362 g/mol. The zero-order valence-corrected chi connectivity index (χ0v) is 15.4. The molecule has 0 amide bonds. The van der Waals surface area contributed by atoms with Gasteiger partial charge in [0.2, 0.25) is 11.3 Å². The number of ether oxygens (including phenoxy) is 1. The Morgan fingerprint density at radius 3 is 2.80 bits per heavy atom. The number of fused-ring (bicyclic) bond motifs is 1. The highest BCUT2D eigenvalue weighted by atomic mass is 32.2. The summed E-state index contributed by atoms with van der Waals surface area (Å²) in [5, 5.41) is 4.13. The van der Waals surface area contributed by atoms with Gasteiger partial charge < -0.3 is 10.1 Å². The maximum atomic E-state index is 11.7. The van der Waals surface area contributed by atoms with Gasteiger partial charge >= 0.3 is 5.97 Å². The summed E-state index contributed by atoms with van der Waals surface area (Å²) in [6.45, 7) is 2.31. The summed E-state index contributed by atoms with van der Waals surface area (Å²) in [6.07, 6.45) is 0.892. The lowest BCUT2D eigenvalue weighted by molar-refractivity contribution is 0.0600. The molecule has 1 unspecified atom stereocenters. The fourth-order valence-corrected chi connectivity index (χ4v) is 4.31. The first kappa shape index (κ1) is 18.2. The normalized spacial score (nSPS) is 15.0. The second kappa shape index (κ2) is 8.15. The molecule has 9 heteroatoms. The summed E-state index contributed by atoms with van der Waals surface area (Å²) in [7, 11) is 1.33. The van der Waals surface area contributed by atoms with Gasteiger partial charge in [-0.2, -0.15) is 4.31 Å². The van der Waals surface area contributed by atoms with Crippen LogP contribution in [0.4, 0.5) is 0 Å². The van der Waals surface area contributed by atoms with Gasteiger partial charge in [-0.15, -0.1) is 11.3 Å². The largest absolute Gasteiger partial charge is 0.465 e. The zero-order chi connectivity index (χ0) is 17.8. The van der Waals surface area contributed by atoms with E-state index in [0.717, 1.165) is 35.8 Å². The molecular formula is C16H19N3O4S2. The standard InChI is InChI=1S/C16H19N3O4S2/c1-23-16(20)12-4-2-11(3-5-12)9-19(25(21)22)10-15-18-13-6-7-17-8-14(13)24-15/h2-5,17H,6-10H2,1H3,(H,21,22). The van der Waals surface area contributed by atoms with Crippen molar-refractivity contribution < 1.29 is 18.3 Å². The molecule has 3 rings (SSSR count). The molecule has 2 heterocycles. The smallest absolute Gasteiger partial charge is 0.337 e. The molecule has 1 aliphatic rings. The van der Waals surface area contributed by atoms with Gasteiger partial charge in [0.1, 0.15) is 5.01 Å². The molecule has 0 saturated carbocycles. The predicted octanol–water partition coefficient (Wildman–Crippen LogP) is 1.71. The van der Waals surface area contributed by atoms with Crippen LogP contribution in [0.2, 0.25) is 0 Å². The Morgan fingerprint density at radius 2 is 2.16 bits per heavy atom. The number of carbonyl (C=O) groups excluding carboxylic acids is 1. The number of nitrogens with one attached hydrogen (secondary N) is 1. The minimum absolute atomic E-state index is 0.285. The van der Waals surface area contributed by atoms with Crippen molar-refractivity contribution in [2.24, 2.45) is 0 Å². The van der Waals surface area contributed by atoms with Crippen LogP contribution in [-0.4, -0.2) is 37.7 Å². The first-order chi connectivity index (χ1) is 12.1. The minimum atomic E-state index is -2.11. The molecule has 0 fully saturated rings. The Bertz CT molecular complexity index is 753. The van der Waals surface area contributed by atoms with Crippen molar-refractivity contribution in [3.63, 3.8) is 0 Å². The SMILES string of the molecule is COC(=O)c1ccc(CN(Cc2nc3c(s2)CNCC3)S(=O)O)cc1. The van der Waals surface area contributed by atoms with Crippen molar-refractivity contribution in [1.82, 2.24) is 14.6 Å². The van der Waals surface area contributed by atoms with Crippen molar-refractivity contribution >= 4 is 28.6 Å². The molecule has 1 aromatic carbocycles. The van der Waals surface area contributed by atoms with Gasteiger partial charge in [0.25, 0.3) is 0 Å². The maximum Gasteiger partial charge on any atom is 0.337 e. The number of carbonyl (C=O) groups is 1. The molecule has 0 radical (unpaired) electrons. The van der Waals surface area contributed by atoms with Crippen LogP contribution >= 0.6 is 11.3 Å². The number of esters is 1. The molecule has 1 aromatic heterocycles. The summed E-state index contributed by atoms with van der Waals surface area (Å²) >= 11 is -0.534. The summed E-state index contributed by atoms with van der Waals surface area (Å²) < 4.78 is 27.4. The van der Waals surface area contributed by atoms with E-state index in [1.807, 2.05) is 0 Å². The zero-order valence-electron chi connectivity index (χ0n) is 13.7. The molecule has 7 nitrogen and oxygen atoms in total. The number of nitrogens with zero attached hydrogens (tertiary/aromatic N) is 2. The number of hydrogen-bond donors (Lipinski definition) is 2. The third kappa shape index (κ3) is 4.50. The number of benzene rings is 1. The minimum Gasteiger partial charge on any atom is -0.465 e. The maximum absolute atomic E-state index is 11.7. The number of methoxy groups -OCH3 is 1. The van der Waals surface area contributed by atoms with E-state index in [2.05, 4.69) is 15.0 Å². The summed E-state index contributed by atoms with van der Waals surface area (Å²) in [6, 6.07) is 6.80. The van der Waals surface area contributed by atoms with E-state index in [-0.39, 0.29) is 6.54 Å². The van der Waals surface area contributed by atoms with Crippen LogP contribution in [-0.2, 0) is 42.1 Å². The highest BCUT2D eigenvalue weighted by molar-refractivity contribution is 7.76. The Labute approximate surface area is 152 Å². The number of aromatic nitrogens is 1. The average Bonchev–Trinajstić information content (AvgIpc) is 3.03. The van der Waals surface area contributed by atoms with Crippen LogP contribution in [0.3, 0.4) is 0 Å². The van der Waals surface area contributed by atoms with Crippen LogP contribution in [0.1, 0.15) is 31.5 Å². The van der Waals surface area contributed by atoms with E-state index in [9.17, 15) is 13.6 Å². The predicted molar refractivity (Wildman–Crippen MR) is 95.3 cm³/mol. The fraction of sp³-hybridized carbons (Fsp3) is 0.375. The van der Waals surface area contributed by atoms with E-state index in [1.54, 1.807) is 35.6 Å². The Balaban J connectivity index is 1.70. The topological polar surface area (TPSA) is 91.8 Å². The first-order valence-electron chi connectivity index (χ1n) is 7.78. The van der Waals surface area contributed by atoms with Crippen molar-refractivity contribution in [1.29, 1.82) is 0 Å². The van der Waals surface area contributed by atoms with Gasteiger partial charge in [-0.25, -0.2) is 14.0 Å². The van der Waals surface area contributed by atoms with Crippen LogP contribution in [0.15, 0.2) is 24.3 Å². The average molecular weight is 381 g/mol. The summed E-state index contributed by atoms with van der Waals surface area (Å²) in [5.74, 6) is -0.406. The quantitative estimate of drug-likeness (QED) is 0.585. The van der Waals surface area contributed by atoms with Crippen molar-refractivity contribution in [2.75, 3.05) is 13.7 Å². The number of thiazole rings is 1. The van der Waals surface area contributed by atoms with E-state index in [4.69, 9.17) is 0 Å². The molecule has 0 saturated heterocycles. The second-order valence-electron chi connectivity index (χ2n) is 5.62. The molecule has 1 atom stereocenters. The van der Waals surface area contributed by atoms with Crippen LogP contribution < -0.4 is 5.32 Å². The van der Waals surface area contributed by atoms with Gasteiger partial charge in [0, 0.05) is 30.9 Å². The molecule has 0 bridgehead atoms. The van der Waals surface area contributed by atoms with Crippen LogP contribution in [0.5, 0.6) is 0 Å². The Hall–Kier alpha value is -1.65. The highest BCUT2D eigenvalue weighted by Crippen LogP contribution is 2.23. The van der Waals surface area contributed by atoms with Crippen molar-refractivity contribution in [2.45, 2.75) is 26.1 Å². The van der Waals surface area contributed by atoms with Gasteiger partial charge in [-0.3, -0.25) is 4.55 Å². The van der Waals surface area contributed by atoms with E-state index >= 15 is 0 Å². The lowest BCUT2D eigenvalue weighted by atomic mass is 10.1. The summed E-state index contributed by atoms with van der Waals surface area (Å²) in [4.78, 5) is 17.3. The van der Waals surface area contributed by atoms with Gasteiger partial charge in [0.05, 0.1) is 24.9 Å². The molecule has 25 heavy (non-hydrogen) atoms. The van der Waals surface area contributed by atoms with Gasteiger partial charge in [-0.1, -0.05) is 12.1 Å². The highest BCUT2D eigenvalue weighted by Gasteiger charge is 2.19. The third-order valence-corrected chi connectivity index (χ3v) is 5.70. The number of rotatable bonds is 6. The van der Waals surface area contributed by atoms with E-state index < -0.39 is 17.2 Å². The van der Waals surface area contributed by atoms with Crippen LogP contribution in [0.25, 0.3) is 0 Å². The fourth-order valence-electron chi connectivity index (χ4n) is 2.63. The Morgan fingerprint density at radius 1 is 1.40 bits per heavy atom.